The number of carbonyl (C=O) groups excluding carboxylic acids is 2. The van der Waals surface area contributed by atoms with Crippen LogP contribution in [-0.4, -0.2) is 48.6 Å². The van der Waals surface area contributed by atoms with Gasteiger partial charge in [0.15, 0.2) is 0 Å². The first kappa shape index (κ1) is 16.4. The summed E-state index contributed by atoms with van der Waals surface area (Å²) in [4.78, 5) is 28.5. The molecule has 0 aromatic heterocycles. The van der Waals surface area contributed by atoms with Crippen LogP contribution in [0.3, 0.4) is 0 Å². The second kappa shape index (κ2) is 7.04. The van der Waals surface area contributed by atoms with Crippen LogP contribution < -0.4 is 15.5 Å². The third-order valence-electron chi connectivity index (χ3n) is 5.42. The normalized spacial score (nSPS) is 22.2. The molecule has 2 heterocycles. The molecule has 0 unspecified atom stereocenters. The van der Waals surface area contributed by atoms with E-state index in [0.717, 1.165) is 56.3 Å². The number of piperidine rings is 1. The highest BCUT2D eigenvalue weighted by Crippen LogP contribution is 2.29. The maximum Gasteiger partial charge on any atom is 0.319 e. The summed E-state index contributed by atoms with van der Waals surface area (Å²) < 4.78 is 0. The van der Waals surface area contributed by atoms with Crippen molar-refractivity contribution in [3.05, 3.63) is 24.3 Å². The smallest absolute Gasteiger partial charge is 0.319 e. The van der Waals surface area contributed by atoms with Gasteiger partial charge in [-0.1, -0.05) is 6.07 Å². The lowest BCUT2D eigenvalue weighted by molar-refractivity contribution is -0.117. The summed E-state index contributed by atoms with van der Waals surface area (Å²) >= 11 is 0. The molecule has 3 fully saturated rings. The molecule has 0 bridgehead atoms. The van der Waals surface area contributed by atoms with Crippen molar-refractivity contribution in [3.8, 4) is 0 Å². The maximum absolute atomic E-state index is 12.3. The minimum atomic E-state index is -0.158. The van der Waals surface area contributed by atoms with Crippen LogP contribution in [0.2, 0.25) is 0 Å². The van der Waals surface area contributed by atoms with Crippen molar-refractivity contribution in [1.29, 1.82) is 0 Å². The van der Waals surface area contributed by atoms with Gasteiger partial charge in [0.25, 0.3) is 0 Å². The first-order valence-electron chi connectivity index (χ1n) is 9.41. The zero-order valence-electron chi connectivity index (χ0n) is 14.5. The van der Waals surface area contributed by atoms with Gasteiger partial charge in [0.1, 0.15) is 0 Å². The Hall–Kier alpha value is -2.08. The molecule has 0 spiro atoms. The molecule has 25 heavy (non-hydrogen) atoms. The summed E-state index contributed by atoms with van der Waals surface area (Å²) in [5.74, 6) is 0.157. The molecule has 2 saturated heterocycles. The van der Waals surface area contributed by atoms with Crippen LogP contribution in [0.25, 0.3) is 0 Å². The Bertz CT molecular complexity index is 651. The fourth-order valence-corrected chi connectivity index (χ4v) is 3.87. The topological polar surface area (TPSA) is 64.7 Å². The van der Waals surface area contributed by atoms with Crippen molar-refractivity contribution >= 4 is 23.3 Å². The molecule has 1 saturated carbocycles. The van der Waals surface area contributed by atoms with Gasteiger partial charge in [-0.15, -0.1) is 0 Å². The number of urea groups is 1. The molecular weight excluding hydrogens is 316 g/mol. The summed E-state index contributed by atoms with van der Waals surface area (Å²) in [5, 5.41) is 6.00. The number of hydrogen-bond acceptors (Lipinski definition) is 3. The van der Waals surface area contributed by atoms with Crippen LogP contribution in [0, 0.1) is 0 Å². The summed E-state index contributed by atoms with van der Waals surface area (Å²) in [6.07, 6.45) is 6.23. The van der Waals surface area contributed by atoms with E-state index in [-0.39, 0.29) is 18.0 Å². The second-order valence-electron chi connectivity index (χ2n) is 7.34. The minimum Gasteiger partial charge on any atom is -0.335 e. The van der Waals surface area contributed by atoms with Crippen LogP contribution in [-0.2, 0) is 4.79 Å². The van der Waals surface area contributed by atoms with Crippen molar-refractivity contribution < 1.29 is 9.59 Å². The summed E-state index contributed by atoms with van der Waals surface area (Å²) in [7, 11) is 0. The van der Waals surface area contributed by atoms with Crippen LogP contribution in [0.5, 0.6) is 0 Å². The first-order valence-corrected chi connectivity index (χ1v) is 9.41. The second-order valence-corrected chi connectivity index (χ2v) is 7.34. The minimum absolute atomic E-state index is 0.157. The van der Waals surface area contributed by atoms with E-state index in [9.17, 15) is 9.59 Å². The predicted molar refractivity (Wildman–Crippen MR) is 97.8 cm³/mol. The number of rotatable bonds is 4. The lowest BCUT2D eigenvalue weighted by atomic mass is 10.1. The van der Waals surface area contributed by atoms with Gasteiger partial charge < -0.3 is 20.4 Å². The highest BCUT2D eigenvalue weighted by Gasteiger charge is 2.32. The summed E-state index contributed by atoms with van der Waals surface area (Å²) in [6.45, 7) is 2.93. The molecule has 1 aliphatic carbocycles. The molecule has 3 amide bonds. The van der Waals surface area contributed by atoms with E-state index in [1.54, 1.807) is 4.90 Å². The first-order chi connectivity index (χ1) is 12.2. The quantitative estimate of drug-likeness (QED) is 0.884. The third-order valence-corrected chi connectivity index (χ3v) is 5.42. The SMILES string of the molecule is O=C(Nc1cccc(N2CCCC2=O)c1)NC1CCN(C2CC2)CC1. The average Bonchev–Trinajstić information content (AvgIpc) is 3.37. The molecule has 0 atom stereocenters. The molecule has 4 rings (SSSR count). The van der Waals surface area contributed by atoms with Gasteiger partial charge in [-0.25, -0.2) is 4.79 Å². The third kappa shape index (κ3) is 3.95. The molecule has 0 radical (unpaired) electrons. The maximum atomic E-state index is 12.3. The van der Waals surface area contributed by atoms with Gasteiger partial charge in [-0.05, 0) is 50.3 Å². The number of carbonyl (C=O) groups is 2. The zero-order chi connectivity index (χ0) is 17.2. The molecular formula is C19H26N4O2. The van der Waals surface area contributed by atoms with Crippen LogP contribution >= 0.6 is 0 Å². The molecule has 2 aliphatic heterocycles. The van der Waals surface area contributed by atoms with Gasteiger partial charge in [-0.3, -0.25) is 4.79 Å². The Morgan fingerprint density at radius 3 is 2.56 bits per heavy atom. The standard InChI is InChI=1S/C19H26N4O2/c24-18-5-2-10-23(18)17-4-1-3-15(13-17)21-19(25)20-14-8-11-22(12-9-14)16-6-7-16/h1,3-4,13-14,16H,2,5-12H2,(H2,20,21,25). The molecule has 1 aromatic rings. The van der Waals surface area contributed by atoms with Crippen LogP contribution in [0.1, 0.15) is 38.5 Å². The molecule has 6 nitrogen and oxygen atoms in total. The van der Waals surface area contributed by atoms with Gasteiger partial charge in [0.05, 0.1) is 0 Å². The van der Waals surface area contributed by atoms with Crippen molar-refractivity contribution in [3.63, 3.8) is 0 Å². The number of anilines is 2. The largest absolute Gasteiger partial charge is 0.335 e. The predicted octanol–water partition coefficient (Wildman–Crippen LogP) is 2.56. The van der Waals surface area contributed by atoms with Crippen molar-refractivity contribution in [1.82, 2.24) is 10.2 Å². The fourth-order valence-electron chi connectivity index (χ4n) is 3.87. The highest BCUT2D eigenvalue weighted by molar-refractivity contribution is 5.96. The molecule has 3 aliphatic rings. The molecule has 134 valence electrons. The Morgan fingerprint density at radius 1 is 1.08 bits per heavy atom. The van der Waals surface area contributed by atoms with Crippen LogP contribution in [0.4, 0.5) is 16.2 Å². The van der Waals surface area contributed by atoms with E-state index in [0.29, 0.717) is 6.42 Å². The lowest BCUT2D eigenvalue weighted by Crippen LogP contribution is -2.46. The van der Waals surface area contributed by atoms with Crippen molar-refractivity contribution in [2.45, 2.75) is 50.6 Å². The van der Waals surface area contributed by atoms with Crippen molar-refractivity contribution in [2.75, 3.05) is 29.9 Å². The van der Waals surface area contributed by atoms with Crippen molar-refractivity contribution in [2.24, 2.45) is 0 Å². The number of nitrogens with zero attached hydrogens (tertiary/aromatic N) is 2. The van der Waals surface area contributed by atoms with E-state index >= 15 is 0 Å². The van der Waals surface area contributed by atoms with E-state index in [2.05, 4.69) is 15.5 Å². The molecule has 2 N–H and O–H groups in total. The van der Waals surface area contributed by atoms with E-state index in [1.807, 2.05) is 24.3 Å². The monoisotopic (exact) mass is 342 g/mol. The Morgan fingerprint density at radius 2 is 1.88 bits per heavy atom. The molecule has 1 aromatic carbocycles. The van der Waals surface area contributed by atoms with E-state index in [1.165, 1.54) is 12.8 Å². The average molecular weight is 342 g/mol. The van der Waals surface area contributed by atoms with Gasteiger partial charge in [0.2, 0.25) is 5.91 Å². The number of likely N-dealkylation sites (tertiary alicyclic amines) is 1. The van der Waals surface area contributed by atoms with Gasteiger partial charge >= 0.3 is 6.03 Å². The van der Waals surface area contributed by atoms with Crippen LogP contribution in [0.15, 0.2) is 24.3 Å². The molecule has 6 heteroatoms. The lowest BCUT2D eigenvalue weighted by Gasteiger charge is -2.32. The van der Waals surface area contributed by atoms with E-state index in [4.69, 9.17) is 0 Å². The summed E-state index contributed by atoms with van der Waals surface area (Å²) in [5.41, 5.74) is 1.59. The zero-order valence-corrected chi connectivity index (χ0v) is 14.5. The number of benzene rings is 1. The van der Waals surface area contributed by atoms with Gasteiger partial charge in [0, 0.05) is 49.5 Å². The van der Waals surface area contributed by atoms with Gasteiger partial charge in [-0.2, -0.15) is 0 Å². The Kier molecular flexibility index (Phi) is 4.61. The Labute approximate surface area is 148 Å². The fraction of sp³-hybridized carbons (Fsp3) is 0.579. The Balaban J connectivity index is 1.29. The number of amides is 3. The summed E-state index contributed by atoms with van der Waals surface area (Å²) in [6, 6.07) is 8.43. The number of nitrogens with one attached hydrogen (secondary N) is 2. The van der Waals surface area contributed by atoms with E-state index < -0.39 is 0 Å². The highest BCUT2D eigenvalue weighted by atomic mass is 16.2. The number of hydrogen-bond donors (Lipinski definition) is 2.